The van der Waals surface area contributed by atoms with Gasteiger partial charge < -0.3 is 80.6 Å². The highest BCUT2D eigenvalue weighted by molar-refractivity contribution is 5.99. The molecule has 0 aromatic rings. The summed E-state index contributed by atoms with van der Waals surface area (Å²) in [5, 5.41) is 35.2. The summed E-state index contributed by atoms with van der Waals surface area (Å²) in [6, 6.07) is -11.2. The third kappa shape index (κ3) is 18.3. The summed E-state index contributed by atoms with van der Waals surface area (Å²) in [6.07, 6.45) is 1.94. The molecule has 2 rings (SSSR count). The summed E-state index contributed by atoms with van der Waals surface area (Å²) in [6.45, 7) is 9.52. The van der Waals surface area contributed by atoms with Crippen LogP contribution >= 0.6 is 0 Å². The first-order valence-corrected chi connectivity index (χ1v) is 23.9. The molecule has 70 heavy (non-hydrogen) atoms. The lowest BCUT2D eigenvalue weighted by molar-refractivity contribution is -0.148. The lowest BCUT2D eigenvalue weighted by atomic mass is 9.99. The van der Waals surface area contributed by atoms with E-state index >= 15 is 0 Å². The van der Waals surface area contributed by atoms with Gasteiger partial charge in [0, 0.05) is 19.6 Å². The van der Waals surface area contributed by atoms with E-state index in [9.17, 15) is 58.2 Å². The number of aliphatic hydroxyl groups is 1. The number of primary amides is 1. The zero-order valence-corrected chi connectivity index (χ0v) is 41.2. The van der Waals surface area contributed by atoms with E-state index in [1.54, 1.807) is 41.5 Å². The molecule has 2 heterocycles. The van der Waals surface area contributed by atoms with E-state index in [0.717, 1.165) is 0 Å². The van der Waals surface area contributed by atoms with E-state index in [4.69, 9.17) is 28.7 Å². The summed E-state index contributed by atoms with van der Waals surface area (Å²) in [5.41, 5.74) is 27.6. The molecule has 0 bridgehead atoms. The zero-order valence-electron chi connectivity index (χ0n) is 41.2. The number of hydrogen-bond donors (Lipinski definition) is 13. The Morgan fingerprint density at radius 3 is 1.64 bits per heavy atom. The SMILES string of the molecule is CC(C)[C@H](NC(=O)[C@@H](NC(=O)[C@H](CCCN=C(N)N)NC(=O)C1CCCN1C(=O)C1CCCN1C(=O)[C@H](CCCCN)NC(=O)[C@H](CO)NC(=O)[C@@H](NC(=O)[C@@H](N)CC(N)=O)C(C)C)C(C)C)C(=O)O. The molecule has 0 spiro atoms. The average molecular weight is 995 g/mol. The van der Waals surface area contributed by atoms with Crippen molar-refractivity contribution in [1.29, 1.82) is 0 Å². The third-order valence-electron chi connectivity index (χ3n) is 12.1. The molecule has 26 heteroatoms. The highest BCUT2D eigenvalue weighted by Gasteiger charge is 2.45. The molecule has 396 valence electrons. The number of carbonyl (C=O) groups excluding carboxylic acids is 9. The summed E-state index contributed by atoms with van der Waals surface area (Å²) in [7, 11) is 0. The number of rotatable bonds is 29. The minimum atomic E-state index is -1.59. The summed E-state index contributed by atoms with van der Waals surface area (Å²) in [4.78, 5) is 140. The van der Waals surface area contributed by atoms with Crippen LogP contribution in [0.1, 0.15) is 106 Å². The minimum absolute atomic E-state index is 0.0101. The Balaban J connectivity index is 2.32. The third-order valence-corrected chi connectivity index (χ3v) is 12.1. The van der Waals surface area contributed by atoms with Crippen molar-refractivity contribution in [1.82, 2.24) is 41.7 Å². The van der Waals surface area contributed by atoms with Gasteiger partial charge in [-0.05, 0) is 82.1 Å². The van der Waals surface area contributed by atoms with E-state index in [1.165, 1.54) is 9.80 Å². The molecule has 2 fully saturated rings. The second-order valence-corrected chi connectivity index (χ2v) is 18.8. The fourth-order valence-corrected chi connectivity index (χ4v) is 8.15. The van der Waals surface area contributed by atoms with Gasteiger partial charge >= 0.3 is 5.97 Å². The van der Waals surface area contributed by atoms with Crippen molar-refractivity contribution in [3.05, 3.63) is 0 Å². The monoisotopic (exact) mass is 995 g/mol. The number of nitrogens with zero attached hydrogens (tertiary/aromatic N) is 3. The van der Waals surface area contributed by atoms with Gasteiger partial charge in [0.15, 0.2) is 5.96 Å². The predicted octanol–water partition coefficient (Wildman–Crippen LogP) is -4.69. The second kappa shape index (κ2) is 29.1. The smallest absolute Gasteiger partial charge is 0.326 e. The summed E-state index contributed by atoms with van der Waals surface area (Å²) in [5.74, 6) is -9.72. The van der Waals surface area contributed by atoms with Crippen molar-refractivity contribution in [3.63, 3.8) is 0 Å². The molecule has 0 saturated carbocycles. The number of carboxylic acids is 1. The average Bonchev–Trinajstić information content (AvgIpc) is 3.99. The number of amides is 9. The first-order chi connectivity index (χ1) is 32.9. The zero-order chi connectivity index (χ0) is 53.0. The van der Waals surface area contributed by atoms with Gasteiger partial charge in [0.05, 0.1) is 19.1 Å². The molecule has 2 aliphatic heterocycles. The predicted molar refractivity (Wildman–Crippen MR) is 255 cm³/mol. The van der Waals surface area contributed by atoms with Gasteiger partial charge in [-0.25, -0.2) is 4.79 Å². The maximum absolute atomic E-state index is 14.4. The van der Waals surface area contributed by atoms with Crippen LogP contribution in [0.5, 0.6) is 0 Å². The maximum atomic E-state index is 14.4. The molecule has 2 aliphatic rings. The number of carboxylic acid groups (broad SMARTS) is 1. The summed E-state index contributed by atoms with van der Waals surface area (Å²) >= 11 is 0. The number of aliphatic hydroxyl groups excluding tert-OH is 1. The van der Waals surface area contributed by atoms with Gasteiger partial charge in [-0.1, -0.05) is 41.5 Å². The topological polar surface area (TPSA) is 432 Å². The number of nitrogens with two attached hydrogens (primary N) is 5. The van der Waals surface area contributed by atoms with E-state index < -0.39 is 144 Å². The van der Waals surface area contributed by atoms with Gasteiger partial charge in [0.2, 0.25) is 53.2 Å². The number of likely N-dealkylation sites (tertiary alicyclic amines) is 2. The molecule has 9 atom stereocenters. The van der Waals surface area contributed by atoms with Crippen LogP contribution in [0.25, 0.3) is 0 Å². The van der Waals surface area contributed by atoms with Crippen LogP contribution in [-0.4, -0.2) is 172 Å². The standard InChI is InChI=1S/C44H78N14O12/c1-22(2)32(54-35(61)25(46)20-31(47)60)39(65)53-28(21-59)37(63)52-27(12-7-8-16-45)41(67)58-19-11-15-30(58)42(68)57-18-10-14-29(57)38(64)51-26(13-9-17-50-44(48)49)36(62)55-33(23(3)4)40(66)56-34(24(5)6)43(69)70/h22-30,32-34,59H,7-21,45-46H2,1-6H3,(H2,47,60)(H,51,64)(H,52,63)(H,53,65)(H,54,61)(H,55,62)(H,56,66)(H,69,70)(H4,48,49,50)/t25-,26-,27-,28-,29?,30?,32-,33-,34-/m0/s1. The normalized spacial score (nSPS) is 18.7. The van der Waals surface area contributed by atoms with Crippen LogP contribution in [0, 0.1) is 17.8 Å². The van der Waals surface area contributed by atoms with Gasteiger partial charge in [0.25, 0.3) is 0 Å². The van der Waals surface area contributed by atoms with Gasteiger partial charge in [0.1, 0.15) is 48.3 Å². The number of carbonyl (C=O) groups is 10. The van der Waals surface area contributed by atoms with Crippen molar-refractivity contribution in [2.24, 2.45) is 51.4 Å². The Labute approximate surface area is 408 Å². The number of aliphatic imine (C=N–C) groups is 1. The number of nitrogens with one attached hydrogen (secondary N) is 6. The van der Waals surface area contributed by atoms with Crippen LogP contribution in [0.3, 0.4) is 0 Å². The molecule has 26 nitrogen and oxygen atoms in total. The van der Waals surface area contributed by atoms with Gasteiger partial charge in [-0.2, -0.15) is 0 Å². The van der Waals surface area contributed by atoms with Crippen molar-refractivity contribution in [2.75, 3.05) is 32.8 Å². The van der Waals surface area contributed by atoms with Crippen LogP contribution in [0.4, 0.5) is 0 Å². The van der Waals surface area contributed by atoms with Gasteiger partial charge in [-0.15, -0.1) is 0 Å². The molecule has 2 unspecified atom stereocenters. The molecular weight excluding hydrogens is 917 g/mol. The molecule has 18 N–H and O–H groups in total. The lowest BCUT2D eigenvalue weighted by Gasteiger charge is -2.34. The summed E-state index contributed by atoms with van der Waals surface area (Å²) < 4.78 is 0. The van der Waals surface area contributed by atoms with Crippen molar-refractivity contribution in [3.8, 4) is 0 Å². The minimum Gasteiger partial charge on any atom is -0.480 e. The van der Waals surface area contributed by atoms with Crippen LogP contribution < -0.4 is 60.6 Å². The van der Waals surface area contributed by atoms with E-state index in [2.05, 4.69) is 36.9 Å². The Kier molecular flexibility index (Phi) is 25.0. The molecule has 9 amide bonds. The van der Waals surface area contributed by atoms with Crippen molar-refractivity contribution >= 4 is 65.1 Å². The lowest BCUT2D eigenvalue weighted by Crippen LogP contribution is -2.61. The van der Waals surface area contributed by atoms with E-state index in [0.29, 0.717) is 25.7 Å². The molecule has 0 aromatic carbocycles. The Bertz CT molecular complexity index is 1880. The van der Waals surface area contributed by atoms with Crippen molar-refractivity contribution in [2.45, 2.75) is 160 Å². The highest BCUT2D eigenvalue weighted by atomic mass is 16.4. The fourth-order valence-electron chi connectivity index (χ4n) is 8.15. The molecule has 0 radical (unpaired) electrons. The highest BCUT2D eigenvalue weighted by Crippen LogP contribution is 2.26. The largest absolute Gasteiger partial charge is 0.480 e. The van der Waals surface area contributed by atoms with Crippen molar-refractivity contribution < 1.29 is 58.2 Å². The Morgan fingerprint density at radius 2 is 1.11 bits per heavy atom. The van der Waals surface area contributed by atoms with Crippen LogP contribution in [0.15, 0.2) is 4.99 Å². The van der Waals surface area contributed by atoms with E-state index in [1.807, 2.05) is 0 Å². The van der Waals surface area contributed by atoms with E-state index in [-0.39, 0.29) is 64.2 Å². The molecular formula is C44H78N14O12. The quantitative estimate of drug-likeness (QED) is 0.0190. The van der Waals surface area contributed by atoms with Crippen LogP contribution in [0.2, 0.25) is 0 Å². The number of unbranched alkanes of at least 4 members (excludes halogenated alkanes) is 1. The second-order valence-electron chi connectivity index (χ2n) is 18.8. The first-order valence-electron chi connectivity index (χ1n) is 23.9. The molecule has 0 aromatic heterocycles. The fraction of sp³-hybridized carbons (Fsp3) is 0.750. The Morgan fingerprint density at radius 1 is 0.614 bits per heavy atom. The van der Waals surface area contributed by atoms with Crippen LogP contribution in [-0.2, 0) is 47.9 Å². The maximum Gasteiger partial charge on any atom is 0.326 e. The number of hydrogen-bond acceptors (Lipinski definition) is 14. The number of aliphatic carboxylic acids is 1. The first kappa shape index (κ1) is 60.0. The number of guanidine groups is 1. The van der Waals surface area contributed by atoms with Gasteiger partial charge in [-0.3, -0.25) is 48.1 Å². The Hall–Kier alpha value is -6.15. The molecule has 2 saturated heterocycles. The molecule has 0 aliphatic carbocycles.